The average molecular weight is 422 g/mol. The van der Waals surface area contributed by atoms with Gasteiger partial charge in [0.1, 0.15) is 17.1 Å². The monoisotopic (exact) mass is 421 g/mol. The van der Waals surface area contributed by atoms with E-state index in [-0.39, 0.29) is 6.03 Å². The van der Waals surface area contributed by atoms with Gasteiger partial charge in [-0.15, -0.1) is 0 Å². The lowest BCUT2D eigenvalue weighted by Crippen LogP contribution is -2.33. The van der Waals surface area contributed by atoms with E-state index < -0.39 is 0 Å². The molecule has 2 amide bonds. The number of urea groups is 1. The molecule has 4 rings (SSSR count). The van der Waals surface area contributed by atoms with Gasteiger partial charge in [0.25, 0.3) is 0 Å². The van der Waals surface area contributed by atoms with Crippen molar-refractivity contribution in [2.45, 2.75) is 40.2 Å². The number of rotatable bonds is 6. The van der Waals surface area contributed by atoms with Crippen LogP contribution in [0.15, 0.2) is 36.5 Å². The molecule has 0 bridgehead atoms. The molecule has 1 unspecified atom stereocenters. The van der Waals surface area contributed by atoms with Crippen molar-refractivity contribution in [2.75, 3.05) is 25.5 Å². The number of aryl methyl sites for hydroxylation is 1. The molecule has 31 heavy (non-hydrogen) atoms. The number of nitrogens with one attached hydrogen (secondary N) is 1. The van der Waals surface area contributed by atoms with Gasteiger partial charge in [0.15, 0.2) is 5.65 Å². The minimum Gasteiger partial charge on any atom is -0.495 e. The number of methoxy groups -OCH3 is 1. The van der Waals surface area contributed by atoms with Crippen LogP contribution in [0.4, 0.5) is 10.5 Å². The number of benzene rings is 1. The maximum atomic E-state index is 12.9. The second-order valence-corrected chi connectivity index (χ2v) is 8.82. The minimum atomic E-state index is -0.0799. The summed E-state index contributed by atoms with van der Waals surface area (Å²) < 4.78 is 7.64. The Balaban J connectivity index is 1.45. The Morgan fingerprint density at radius 3 is 2.94 bits per heavy atom. The molecule has 7 heteroatoms. The molecule has 1 atom stereocenters. The molecule has 1 N–H and O–H groups in total. The molecule has 0 spiro atoms. The number of imidazole rings is 1. The second kappa shape index (κ2) is 8.96. The van der Waals surface area contributed by atoms with Crippen LogP contribution in [0, 0.1) is 18.8 Å². The van der Waals surface area contributed by atoms with E-state index in [0.717, 1.165) is 55.0 Å². The third kappa shape index (κ3) is 4.65. The number of carbonyl (C=O) groups excluding carboxylic acids is 1. The van der Waals surface area contributed by atoms with E-state index in [4.69, 9.17) is 9.72 Å². The zero-order valence-electron chi connectivity index (χ0n) is 18.8. The Bertz CT molecular complexity index is 1080. The van der Waals surface area contributed by atoms with Crippen LogP contribution >= 0.6 is 0 Å². The number of ether oxygens (including phenoxy) is 1. The fourth-order valence-electron chi connectivity index (χ4n) is 4.27. The highest BCUT2D eigenvalue weighted by molar-refractivity contribution is 5.91. The predicted octanol–water partition coefficient (Wildman–Crippen LogP) is 4.50. The predicted molar refractivity (Wildman–Crippen MR) is 122 cm³/mol. The molecule has 2 aromatic heterocycles. The van der Waals surface area contributed by atoms with Gasteiger partial charge < -0.3 is 19.5 Å². The molecule has 3 heterocycles. The van der Waals surface area contributed by atoms with Gasteiger partial charge in [0, 0.05) is 32.3 Å². The van der Waals surface area contributed by atoms with Crippen LogP contribution in [-0.4, -0.2) is 45.7 Å². The summed E-state index contributed by atoms with van der Waals surface area (Å²) in [5.74, 6) is 2.63. The lowest BCUT2D eigenvalue weighted by molar-refractivity contribution is 0.220. The highest BCUT2D eigenvalue weighted by Crippen LogP contribution is 2.28. The van der Waals surface area contributed by atoms with Crippen LogP contribution < -0.4 is 10.1 Å². The summed E-state index contributed by atoms with van der Waals surface area (Å²) in [6, 6.07) is 9.66. The van der Waals surface area contributed by atoms with Crippen molar-refractivity contribution < 1.29 is 9.53 Å². The van der Waals surface area contributed by atoms with Crippen LogP contribution in [-0.2, 0) is 13.0 Å². The van der Waals surface area contributed by atoms with Crippen molar-refractivity contribution in [3.63, 3.8) is 0 Å². The second-order valence-electron chi connectivity index (χ2n) is 8.82. The summed E-state index contributed by atoms with van der Waals surface area (Å²) >= 11 is 0. The van der Waals surface area contributed by atoms with Crippen LogP contribution in [0.5, 0.6) is 5.75 Å². The summed E-state index contributed by atoms with van der Waals surface area (Å²) in [6.45, 7) is 8.77. The number of anilines is 1. The molecule has 1 fully saturated rings. The Morgan fingerprint density at radius 2 is 2.16 bits per heavy atom. The fraction of sp³-hybridized carbons (Fsp3) is 0.458. The molecule has 1 aliphatic heterocycles. The number of pyridine rings is 1. The molecule has 7 nitrogen and oxygen atoms in total. The van der Waals surface area contributed by atoms with Gasteiger partial charge in [-0.1, -0.05) is 19.9 Å². The topological polar surface area (TPSA) is 72.3 Å². The van der Waals surface area contributed by atoms with E-state index >= 15 is 0 Å². The molecule has 1 aliphatic rings. The standard InChI is InChI=1S/C24H31N5O2/c1-16(2)14-29-22(26-19-6-5-10-25-23(19)29)13-18-9-11-28(15-18)24(30)27-20-12-17(3)7-8-21(20)31-4/h5-8,10,12,16,18H,9,11,13-15H2,1-4H3,(H,27,30). The zero-order chi connectivity index (χ0) is 22.0. The molecule has 0 radical (unpaired) electrons. The number of hydrogen-bond donors (Lipinski definition) is 1. The van der Waals surface area contributed by atoms with Crippen molar-refractivity contribution in [2.24, 2.45) is 11.8 Å². The number of fused-ring (bicyclic) bond motifs is 1. The number of aromatic nitrogens is 3. The third-order valence-corrected chi connectivity index (χ3v) is 5.77. The van der Waals surface area contributed by atoms with Gasteiger partial charge in [0.2, 0.25) is 0 Å². The van der Waals surface area contributed by atoms with Crippen LogP contribution in [0.3, 0.4) is 0 Å². The lowest BCUT2D eigenvalue weighted by Gasteiger charge is -2.19. The summed E-state index contributed by atoms with van der Waals surface area (Å²) in [4.78, 5) is 24.2. The molecule has 1 aromatic carbocycles. The molecule has 0 aliphatic carbocycles. The smallest absolute Gasteiger partial charge is 0.321 e. The van der Waals surface area contributed by atoms with Crippen molar-refractivity contribution >= 4 is 22.9 Å². The van der Waals surface area contributed by atoms with Crippen molar-refractivity contribution in [1.82, 2.24) is 19.4 Å². The largest absolute Gasteiger partial charge is 0.495 e. The number of likely N-dealkylation sites (tertiary alicyclic amines) is 1. The summed E-state index contributed by atoms with van der Waals surface area (Å²) in [7, 11) is 1.62. The maximum Gasteiger partial charge on any atom is 0.321 e. The maximum absolute atomic E-state index is 12.9. The summed E-state index contributed by atoms with van der Waals surface area (Å²) in [5, 5.41) is 3.02. The van der Waals surface area contributed by atoms with Crippen molar-refractivity contribution in [1.29, 1.82) is 0 Å². The highest BCUT2D eigenvalue weighted by Gasteiger charge is 2.28. The average Bonchev–Trinajstić information content (AvgIpc) is 3.33. The quantitative estimate of drug-likeness (QED) is 0.636. The fourth-order valence-corrected chi connectivity index (χ4v) is 4.27. The van der Waals surface area contributed by atoms with E-state index in [2.05, 4.69) is 28.7 Å². The van der Waals surface area contributed by atoms with Gasteiger partial charge in [-0.2, -0.15) is 0 Å². The Hall–Kier alpha value is -3.09. The van der Waals surface area contributed by atoms with Gasteiger partial charge in [-0.05, 0) is 55.0 Å². The number of amides is 2. The first-order valence-corrected chi connectivity index (χ1v) is 10.9. The van der Waals surface area contributed by atoms with E-state index in [9.17, 15) is 4.79 Å². The van der Waals surface area contributed by atoms with Gasteiger partial charge in [-0.3, -0.25) is 0 Å². The SMILES string of the molecule is COc1ccc(C)cc1NC(=O)N1CCC(Cc2nc3cccnc3n2CC(C)C)C1. The zero-order valence-corrected chi connectivity index (χ0v) is 18.8. The molecule has 0 saturated carbocycles. The minimum absolute atomic E-state index is 0.0799. The molecule has 164 valence electrons. The van der Waals surface area contributed by atoms with Crippen LogP contribution in [0.25, 0.3) is 11.2 Å². The molecule has 3 aromatic rings. The van der Waals surface area contributed by atoms with Crippen LogP contribution in [0.1, 0.15) is 31.7 Å². The Morgan fingerprint density at radius 1 is 1.32 bits per heavy atom. The summed E-state index contributed by atoms with van der Waals surface area (Å²) in [6.07, 6.45) is 3.64. The first-order valence-electron chi connectivity index (χ1n) is 10.9. The van der Waals surface area contributed by atoms with Crippen molar-refractivity contribution in [3.8, 4) is 5.75 Å². The number of hydrogen-bond acceptors (Lipinski definition) is 4. The summed E-state index contributed by atoms with van der Waals surface area (Å²) in [5.41, 5.74) is 3.68. The molecular formula is C24H31N5O2. The van der Waals surface area contributed by atoms with Gasteiger partial charge in [0.05, 0.1) is 12.8 Å². The number of carbonyl (C=O) groups is 1. The van der Waals surface area contributed by atoms with Crippen molar-refractivity contribution in [3.05, 3.63) is 47.9 Å². The highest BCUT2D eigenvalue weighted by atomic mass is 16.5. The van der Waals surface area contributed by atoms with Gasteiger partial charge >= 0.3 is 6.03 Å². The van der Waals surface area contributed by atoms with E-state index in [1.807, 2.05) is 48.4 Å². The first-order chi connectivity index (χ1) is 14.9. The Kier molecular flexibility index (Phi) is 6.11. The number of nitrogens with zero attached hydrogens (tertiary/aromatic N) is 4. The van der Waals surface area contributed by atoms with E-state index in [1.54, 1.807) is 7.11 Å². The third-order valence-electron chi connectivity index (χ3n) is 5.77. The Labute approximate surface area is 183 Å². The van der Waals surface area contributed by atoms with E-state index in [1.165, 1.54) is 0 Å². The van der Waals surface area contributed by atoms with Gasteiger partial charge in [-0.25, -0.2) is 14.8 Å². The molecule has 1 saturated heterocycles. The lowest BCUT2D eigenvalue weighted by atomic mass is 10.0. The molecular weight excluding hydrogens is 390 g/mol. The normalized spacial score (nSPS) is 16.3. The van der Waals surface area contributed by atoms with Crippen LogP contribution in [0.2, 0.25) is 0 Å². The van der Waals surface area contributed by atoms with E-state index in [0.29, 0.717) is 23.3 Å². The first kappa shape index (κ1) is 21.2.